The molecular weight excluding hydrogens is 214 g/mol. The average Bonchev–Trinajstić information content (AvgIpc) is 2.61. The van der Waals surface area contributed by atoms with Crippen molar-refractivity contribution in [2.24, 2.45) is 0 Å². The first-order valence-corrected chi connectivity index (χ1v) is 6.40. The summed E-state index contributed by atoms with van der Waals surface area (Å²) in [4.78, 5) is 6.79. The molecule has 4 nitrogen and oxygen atoms in total. The Bertz CT molecular complexity index is 363. The van der Waals surface area contributed by atoms with Crippen LogP contribution < -0.4 is 5.32 Å². The Balaban J connectivity index is 2.00. The molecule has 1 fully saturated rings. The van der Waals surface area contributed by atoms with E-state index in [1.165, 1.54) is 0 Å². The van der Waals surface area contributed by atoms with Crippen LogP contribution in [0.25, 0.3) is 0 Å². The summed E-state index contributed by atoms with van der Waals surface area (Å²) in [6, 6.07) is 0.644. The molecule has 0 unspecified atom stereocenters. The van der Waals surface area contributed by atoms with Gasteiger partial charge in [-0.05, 0) is 6.54 Å². The average molecular weight is 237 g/mol. The second kappa shape index (κ2) is 4.78. The van der Waals surface area contributed by atoms with Crippen LogP contribution in [-0.4, -0.2) is 35.6 Å². The minimum atomic E-state index is 0.0420. The molecule has 2 rings (SSSR count). The van der Waals surface area contributed by atoms with Crippen LogP contribution in [0.15, 0.2) is 10.6 Å². The van der Waals surface area contributed by atoms with Gasteiger partial charge in [0.05, 0.1) is 12.7 Å². The number of aromatic nitrogens is 1. The number of nitrogens with zero attached hydrogens (tertiary/aromatic N) is 2. The molecule has 0 aliphatic carbocycles. The van der Waals surface area contributed by atoms with E-state index in [2.05, 4.69) is 42.9 Å². The number of rotatable bonds is 4. The van der Waals surface area contributed by atoms with Gasteiger partial charge in [0, 0.05) is 24.5 Å². The van der Waals surface area contributed by atoms with E-state index in [4.69, 9.17) is 4.42 Å². The third-order valence-electron chi connectivity index (χ3n) is 3.31. The van der Waals surface area contributed by atoms with E-state index < -0.39 is 0 Å². The van der Waals surface area contributed by atoms with Crippen LogP contribution in [0, 0.1) is 0 Å². The normalized spacial score (nSPS) is 17.5. The number of hydrogen-bond donors (Lipinski definition) is 1. The highest BCUT2D eigenvalue weighted by molar-refractivity contribution is 5.06. The first-order chi connectivity index (χ1) is 8.00. The Labute approximate surface area is 103 Å². The van der Waals surface area contributed by atoms with Gasteiger partial charge in [0.2, 0.25) is 5.89 Å². The molecule has 1 saturated heterocycles. The van der Waals surface area contributed by atoms with Gasteiger partial charge in [0.15, 0.2) is 0 Å². The summed E-state index contributed by atoms with van der Waals surface area (Å²) in [5.41, 5.74) is 0.0420. The van der Waals surface area contributed by atoms with Gasteiger partial charge >= 0.3 is 0 Å². The minimum Gasteiger partial charge on any atom is -0.444 e. The molecule has 0 aromatic carbocycles. The highest BCUT2D eigenvalue weighted by Gasteiger charge is 2.25. The van der Waals surface area contributed by atoms with Crippen molar-refractivity contribution in [3.05, 3.63) is 17.8 Å². The summed E-state index contributed by atoms with van der Waals surface area (Å²) in [7, 11) is 0. The van der Waals surface area contributed by atoms with Crippen LogP contribution in [0.1, 0.15) is 39.3 Å². The van der Waals surface area contributed by atoms with Crippen LogP contribution in [0.3, 0.4) is 0 Å². The van der Waals surface area contributed by atoms with Crippen molar-refractivity contribution >= 4 is 0 Å². The van der Waals surface area contributed by atoms with Gasteiger partial charge in [-0.1, -0.05) is 27.7 Å². The SMILES string of the molecule is CCN(Cc1ncc(C(C)(C)C)o1)C1CNC1. The van der Waals surface area contributed by atoms with E-state index >= 15 is 0 Å². The maximum absolute atomic E-state index is 5.83. The van der Waals surface area contributed by atoms with Gasteiger partial charge in [-0.2, -0.15) is 0 Å². The maximum atomic E-state index is 5.83. The summed E-state index contributed by atoms with van der Waals surface area (Å²) >= 11 is 0. The highest BCUT2D eigenvalue weighted by atomic mass is 16.4. The molecule has 2 heterocycles. The third-order valence-corrected chi connectivity index (χ3v) is 3.31. The topological polar surface area (TPSA) is 41.3 Å². The van der Waals surface area contributed by atoms with E-state index in [1.807, 2.05) is 6.20 Å². The summed E-state index contributed by atoms with van der Waals surface area (Å²) in [6.07, 6.45) is 1.86. The lowest BCUT2D eigenvalue weighted by Gasteiger charge is -2.36. The van der Waals surface area contributed by atoms with Crippen LogP contribution in [0.2, 0.25) is 0 Å². The fourth-order valence-electron chi connectivity index (χ4n) is 1.93. The lowest BCUT2D eigenvalue weighted by Crippen LogP contribution is -2.56. The summed E-state index contributed by atoms with van der Waals surface area (Å²) in [6.45, 7) is 12.6. The van der Waals surface area contributed by atoms with Crippen molar-refractivity contribution in [1.82, 2.24) is 15.2 Å². The van der Waals surface area contributed by atoms with Crippen LogP contribution >= 0.6 is 0 Å². The van der Waals surface area contributed by atoms with E-state index in [1.54, 1.807) is 0 Å². The smallest absolute Gasteiger partial charge is 0.208 e. The fourth-order valence-corrected chi connectivity index (χ4v) is 1.93. The molecule has 1 aromatic heterocycles. The van der Waals surface area contributed by atoms with E-state index in [0.717, 1.165) is 37.8 Å². The standard InChI is InChI=1S/C13H23N3O/c1-5-16(10-6-14-7-10)9-12-15-8-11(17-12)13(2,3)4/h8,10,14H,5-7,9H2,1-4H3. The summed E-state index contributed by atoms with van der Waals surface area (Å²) in [5, 5.41) is 3.30. The largest absolute Gasteiger partial charge is 0.444 e. The van der Waals surface area contributed by atoms with Crippen molar-refractivity contribution in [2.75, 3.05) is 19.6 Å². The predicted molar refractivity (Wildman–Crippen MR) is 67.9 cm³/mol. The first-order valence-electron chi connectivity index (χ1n) is 6.40. The number of nitrogens with one attached hydrogen (secondary N) is 1. The Hall–Kier alpha value is -0.870. The molecular formula is C13H23N3O. The molecule has 0 bridgehead atoms. The van der Waals surface area contributed by atoms with Crippen LogP contribution in [-0.2, 0) is 12.0 Å². The number of hydrogen-bond acceptors (Lipinski definition) is 4. The Kier molecular flexibility index (Phi) is 3.54. The lowest BCUT2D eigenvalue weighted by atomic mass is 9.94. The molecule has 4 heteroatoms. The molecule has 1 aliphatic heterocycles. The molecule has 0 radical (unpaired) electrons. The molecule has 1 aliphatic rings. The van der Waals surface area contributed by atoms with Crippen LogP contribution in [0.4, 0.5) is 0 Å². The zero-order chi connectivity index (χ0) is 12.5. The van der Waals surface area contributed by atoms with Gasteiger partial charge in [-0.25, -0.2) is 4.98 Å². The highest BCUT2D eigenvalue weighted by Crippen LogP contribution is 2.23. The van der Waals surface area contributed by atoms with Gasteiger partial charge in [0.25, 0.3) is 0 Å². The summed E-state index contributed by atoms with van der Waals surface area (Å²) < 4.78 is 5.83. The zero-order valence-electron chi connectivity index (χ0n) is 11.3. The summed E-state index contributed by atoms with van der Waals surface area (Å²) in [5.74, 6) is 1.80. The molecule has 0 atom stereocenters. The Morgan fingerprint density at radius 1 is 1.47 bits per heavy atom. The van der Waals surface area contributed by atoms with Crippen molar-refractivity contribution in [2.45, 2.75) is 45.7 Å². The lowest BCUT2D eigenvalue weighted by molar-refractivity contribution is 0.131. The third kappa shape index (κ3) is 2.87. The van der Waals surface area contributed by atoms with Gasteiger partial charge in [0.1, 0.15) is 5.76 Å². The molecule has 0 spiro atoms. The number of likely N-dealkylation sites (N-methyl/N-ethyl adjacent to an activating group) is 1. The predicted octanol–water partition coefficient (Wildman–Crippen LogP) is 1.77. The van der Waals surface area contributed by atoms with E-state index in [-0.39, 0.29) is 5.41 Å². The first kappa shape index (κ1) is 12.6. The van der Waals surface area contributed by atoms with E-state index in [0.29, 0.717) is 6.04 Å². The minimum absolute atomic E-state index is 0.0420. The molecule has 17 heavy (non-hydrogen) atoms. The quantitative estimate of drug-likeness (QED) is 0.866. The van der Waals surface area contributed by atoms with Crippen LogP contribution in [0.5, 0.6) is 0 Å². The second-order valence-corrected chi connectivity index (χ2v) is 5.74. The number of oxazole rings is 1. The molecule has 1 N–H and O–H groups in total. The maximum Gasteiger partial charge on any atom is 0.208 e. The van der Waals surface area contributed by atoms with E-state index in [9.17, 15) is 0 Å². The monoisotopic (exact) mass is 237 g/mol. The molecule has 0 amide bonds. The second-order valence-electron chi connectivity index (χ2n) is 5.74. The van der Waals surface area contributed by atoms with Gasteiger partial charge < -0.3 is 9.73 Å². The van der Waals surface area contributed by atoms with Gasteiger partial charge in [-0.3, -0.25) is 4.90 Å². The molecule has 1 aromatic rings. The zero-order valence-corrected chi connectivity index (χ0v) is 11.3. The fraction of sp³-hybridized carbons (Fsp3) is 0.769. The Morgan fingerprint density at radius 3 is 2.59 bits per heavy atom. The van der Waals surface area contributed by atoms with Crippen molar-refractivity contribution in [3.8, 4) is 0 Å². The van der Waals surface area contributed by atoms with Crippen molar-refractivity contribution in [3.63, 3.8) is 0 Å². The van der Waals surface area contributed by atoms with Crippen molar-refractivity contribution < 1.29 is 4.42 Å². The Morgan fingerprint density at radius 2 is 2.18 bits per heavy atom. The molecule has 96 valence electrons. The van der Waals surface area contributed by atoms with Crippen molar-refractivity contribution in [1.29, 1.82) is 0 Å². The molecule has 0 saturated carbocycles. The van der Waals surface area contributed by atoms with Gasteiger partial charge in [-0.15, -0.1) is 0 Å².